The molecule has 4 N–H and O–H groups in total. The minimum atomic E-state index is -4.34. The van der Waals surface area contributed by atoms with Gasteiger partial charge in [-0.15, -0.1) is 0 Å². The Balaban J connectivity index is 1.78. The van der Waals surface area contributed by atoms with Gasteiger partial charge in [-0.3, -0.25) is 14.8 Å². The molecule has 4 aromatic rings. The van der Waals surface area contributed by atoms with Crippen molar-refractivity contribution in [3.05, 3.63) is 84.7 Å². The number of benzene rings is 3. The number of carbonyl (C=O) groups excluding carboxylic acids is 1. The molecule has 11 heteroatoms. The Morgan fingerprint density at radius 1 is 1.05 bits per heavy atom. The van der Waals surface area contributed by atoms with E-state index in [1.807, 2.05) is 20.8 Å². The van der Waals surface area contributed by atoms with Gasteiger partial charge in [0, 0.05) is 23.8 Å². The molecule has 0 aliphatic rings. The summed E-state index contributed by atoms with van der Waals surface area (Å²) in [7, 11) is -4.34. The van der Waals surface area contributed by atoms with Crippen molar-refractivity contribution in [3.63, 3.8) is 0 Å². The number of carbonyl (C=O) groups is 1. The van der Waals surface area contributed by atoms with Gasteiger partial charge in [0.05, 0.1) is 23.3 Å². The average Bonchev–Trinajstić information content (AvgIpc) is 2.89. The Bertz CT molecular complexity index is 1590. The van der Waals surface area contributed by atoms with Gasteiger partial charge in [-0.05, 0) is 74.2 Å². The van der Waals surface area contributed by atoms with Crippen LogP contribution in [0.15, 0.2) is 84.0 Å². The molecule has 1 unspecified atom stereocenters. The minimum Gasteiger partial charge on any atom is -0.508 e. The number of fused-ring (bicyclic) bond motifs is 1. The highest BCUT2D eigenvalue weighted by atomic mass is 32.2. The summed E-state index contributed by atoms with van der Waals surface area (Å²) in [5.41, 5.74) is 0.833. The minimum absolute atomic E-state index is 0.125. The van der Waals surface area contributed by atoms with E-state index in [2.05, 4.69) is 9.71 Å². The lowest BCUT2D eigenvalue weighted by Gasteiger charge is -2.29. The highest BCUT2D eigenvalue weighted by Crippen LogP contribution is 2.35. The lowest BCUT2D eigenvalue weighted by molar-refractivity contribution is -0.120. The number of ether oxygens (including phenoxy) is 2. The van der Waals surface area contributed by atoms with Crippen LogP contribution in [0, 0.1) is 0 Å². The van der Waals surface area contributed by atoms with Crippen LogP contribution >= 0.6 is 0 Å². The number of nitrogens with zero attached hydrogens (tertiary/aromatic N) is 2. The molecule has 10 nitrogen and oxygen atoms in total. The van der Waals surface area contributed by atoms with E-state index >= 15 is 0 Å². The summed E-state index contributed by atoms with van der Waals surface area (Å²) in [6.45, 7) is 5.91. The summed E-state index contributed by atoms with van der Waals surface area (Å²) >= 11 is 0. The maximum Gasteiger partial charge on any atom is 0.264 e. The quantitative estimate of drug-likeness (QED) is 0.197. The zero-order chi connectivity index (χ0) is 28.2. The molecule has 0 fully saturated rings. The number of hydrogen-bond donors (Lipinski definition) is 3. The van der Waals surface area contributed by atoms with Gasteiger partial charge in [0.15, 0.2) is 11.5 Å². The Kier molecular flexibility index (Phi) is 8.22. The van der Waals surface area contributed by atoms with E-state index in [0.717, 1.165) is 16.8 Å². The largest absolute Gasteiger partial charge is 0.508 e. The van der Waals surface area contributed by atoms with Gasteiger partial charge in [0.2, 0.25) is 0 Å². The fraction of sp³-hybridized carbons (Fsp3) is 0.214. The molecular formula is C28H30N4O6S. The van der Waals surface area contributed by atoms with Crippen LogP contribution < -0.4 is 25.0 Å². The van der Waals surface area contributed by atoms with Gasteiger partial charge in [-0.25, -0.2) is 19.0 Å². The predicted octanol–water partition coefficient (Wildman–Crippen LogP) is 4.05. The first-order valence-corrected chi connectivity index (χ1v) is 13.7. The summed E-state index contributed by atoms with van der Waals surface area (Å²) in [4.78, 5) is 17.5. The van der Waals surface area contributed by atoms with Crippen molar-refractivity contribution < 1.29 is 27.8 Å². The van der Waals surface area contributed by atoms with Crippen molar-refractivity contribution in [1.29, 1.82) is 0 Å². The number of anilines is 1. The number of hydrogen-bond acceptors (Lipinski definition) is 9. The third-order valence-electron chi connectivity index (χ3n) is 5.76. The second-order valence-corrected chi connectivity index (χ2v) is 10.7. The van der Waals surface area contributed by atoms with Crippen LogP contribution in [0.25, 0.3) is 10.8 Å². The number of phenolic OH excluding ortho intramolecular Hbond substituents is 1. The maximum absolute atomic E-state index is 13.7. The molecule has 39 heavy (non-hydrogen) atoms. The summed E-state index contributed by atoms with van der Waals surface area (Å²) in [5.74, 6) is 6.24. The third kappa shape index (κ3) is 6.39. The highest BCUT2D eigenvalue weighted by molar-refractivity contribution is 7.90. The number of nitrogens with one attached hydrogen (secondary N) is 1. The Labute approximate surface area is 227 Å². The molecule has 3 aromatic carbocycles. The second kappa shape index (κ2) is 11.6. The van der Waals surface area contributed by atoms with E-state index in [0.29, 0.717) is 29.4 Å². The molecule has 1 heterocycles. The van der Waals surface area contributed by atoms with E-state index in [4.69, 9.17) is 15.3 Å². The van der Waals surface area contributed by atoms with Crippen molar-refractivity contribution in [1.82, 2.24) is 9.71 Å². The van der Waals surface area contributed by atoms with E-state index in [-0.39, 0.29) is 16.7 Å². The number of nitrogens with two attached hydrogens (primary N) is 1. The smallest absolute Gasteiger partial charge is 0.264 e. The van der Waals surface area contributed by atoms with Gasteiger partial charge >= 0.3 is 0 Å². The molecule has 0 aliphatic carbocycles. The van der Waals surface area contributed by atoms with Gasteiger partial charge in [-0.1, -0.05) is 18.2 Å². The number of hydrazine groups is 1. The summed E-state index contributed by atoms with van der Waals surface area (Å²) in [5, 5.41) is 12.7. The molecular weight excluding hydrogens is 520 g/mol. The molecule has 1 amide bonds. The van der Waals surface area contributed by atoms with Crippen LogP contribution in [-0.2, 0) is 14.8 Å². The first-order chi connectivity index (χ1) is 18.6. The zero-order valence-electron chi connectivity index (χ0n) is 21.7. The molecule has 204 valence electrons. The SMILES string of the molecule is CCOc1cc(C(C(=O)NS(=O)(=O)c2cccc(O)c2)N(N)c2ccc3cnccc3c2)ccc1OC(C)C. The fourth-order valence-electron chi connectivity index (χ4n) is 4.03. The fourth-order valence-corrected chi connectivity index (χ4v) is 5.06. The van der Waals surface area contributed by atoms with Crippen molar-refractivity contribution in [3.8, 4) is 17.2 Å². The zero-order valence-corrected chi connectivity index (χ0v) is 22.6. The van der Waals surface area contributed by atoms with Crippen molar-refractivity contribution >= 4 is 32.4 Å². The molecule has 0 bridgehead atoms. The molecule has 0 spiro atoms. The monoisotopic (exact) mass is 550 g/mol. The normalized spacial score (nSPS) is 12.2. The van der Waals surface area contributed by atoms with Crippen LogP contribution in [0.5, 0.6) is 17.2 Å². The number of aromatic nitrogens is 1. The molecule has 0 saturated carbocycles. The van der Waals surface area contributed by atoms with Crippen LogP contribution in [-0.4, -0.2) is 37.1 Å². The first kappa shape index (κ1) is 27.7. The van der Waals surface area contributed by atoms with E-state index in [1.165, 1.54) is 23.2 Å². The molecule has 1 atom stereocenters. The number of pyridine rings is 1. The Morgan fingerprint density at radius 2 is 1.85 bits per heavy atom. The summed E-state index contributed by atoms with van der Waals surface area (Å²) < 4.78 is 39.8. The van der Waals surface area contributed by atoms with Gasteiger partial charge in [-0.2, -0.15) is 0 Å². The second-order valence-electron chi connectivity index (χ2n) is 8.99. The van der Waals surface area contributed by atoms with E-state index in [1.54, 1.807) is 54.9 Å². The van der Waals surface area contributed by atoms with Crippen molar-refractivity contribution in [2.45, 2.75) is 37.8 Å². The maximum atomic E-state index is 13.7. The van der Waals surface area contributed by atoms with Crippen LogP contribution in [0.3, 0.4) is 0 Å². The predicted molar refractivity (Wildman–Crippen MR) is 148 cm³/mol. The van der Waals surface area contributed by atoms with Crippen LogP contribution in [0.2, 0.25) is 0 Å². The summed E-state index contributed by atoms with van der Waals surface area (Å²) in [6, 6.07) is 15.7. The van der Waals surface area contributed by atoms with Crippen molar-refractivity contribution in [2.75, 3.05) is 11.6 Å². The molecule has 0 radical (unpaired) electrons. The molecule has 1 aromatic heterocycles. The van der Waals surface area contributed by atoms with E-state index < -0.39 is 22.0 Å². The number of amides is 1. The topological polar surface area (TPSA) is 144 Å². The Morgan fingerprint density at radius 3 is 2.56 bits per heavy atom. The van der Waals surface area contributed by atoms with Crippen LogP contribution in [0.1, 0.15) is 32.4 Å². The van der Waals surface area contributed by atoms with Crippen LogP contribution in [0.4, 0.5) is 5.69 Å². The van der Waals surface area contributed by atoms with Gasteiger partial charge < -0.3 is 14.6 Å². The number of aromatic hydroxyl groups is 1. The number of sulfonamides is 1. The Hall–Kier alpha value is -4.35. The molecule has 0 saturated heterocycles. The average molecular weight is 551 g/mol. The highest BCUT2D eigenvalue weighted by Gasteiger charge is 2.31. The summed E-state index contributed by atoms with van der Waals surface area (Å²) in [6.07, 6.45) is 3.22. The standard InChI is InChI=1S/C28H30N4O6S/c1-4-37-26-15-20(9-11-25(26)38-18(2)3)27(28(34)31-39(35,36)24-7-5-6-23(33)16-24)32(29)22-10-8-21-17-30-13-12-19(21)14-22/h5-18,27,33H,4,29H2,1-3H3,(H,31,34). The molecule has 0 aliphatic heterocycles. The first-order valence-electron chi connectivity index (χ1n) is 12.3. The third-order valence-corrected chi connectivity index (χ3v) is 7.10. The number of rotatable bonds is 10. The van der Waals surface area contributed by atoms with Gasteiger partial charge in [0.1, 0.15) is 11.8 Å². The van der Waals surface area contributed by atoms with E-state index in [9.17, 15) is 18.3 Å². The van der Waals surface area contributed by atoms with Crippen molar-refractivity contribution in [2.24, 2.45) is 5.84 Å². The van der Waals surface area contributed by atoms with Gasteiger partial charge in [0.25, 0.3) is 15.9 Å². The lowest BCUT2D eigenvalue weighted by atomic mass is 10.0. The number of phenols is 1. The lowest BCUT2D eigenvalue weighted by Crippen LogP contribution is -2.46. The molecule has 4 rings (SSSR count).